The van der Waals surface area contributed by atoms with Gasteiger partial charge in [0.15, 0.2) is 17.2 Å². The molecule has 0 aliphatic rings. The third-order valence-electron chi connectivity index (χ3n) is 3.88. The number of hydrogen-bond donors (Lipinski definition) is 2. The minimum Gasteiger partial charge on any atom is -0.364 e. The summed E-state index contributed by atoms with van der Waals surface area (Å²) in [5, 5.41) is 2.56. The molecule has 0 atom stereocenters. The van der Waals surface area contributed by atoms with E-state index in [9.17, 15) is 9.59 Å². The van der Waals surface area contributed by atoms with Crippen LogP contribution in [0.1, 0.15) is 16.1 Å². The Kier molecular flexibility index (Phi) is 3.47. The molecule has 1 aromatic carbocycles. The number of amides is 1. The zero-order valence-electron chi connectivity index (χ0n) is 13.2. The number of carbonyl (C=O) groups excluding carboxylic acids is 1. The summed E-state index contributed by atoms with van der Waals surface area (Å²) in [6, 6.07) is 11.2. The standard InChI is InChI=1S/C17H13N5O2S/c1-9-5-2-3-6-10(9)15-19-12(14(18)23)13-16(21-15)22(17(24)20-13)11-7-4-8-25-11/h2-8H,1H3,(H2,18,23)(H,20,24). The van der Waals surface area contributed by atoms with Gasteiger partial charge in [-0.2, -0.15) is 0 Å². The molecule has 3 heterocycles. The van der Waals surface area contributed by atoms with E-state index in [0.717, 1.165) is 11.1 Å². The maximum atomic E-state index is 12.4. The molecular weight excluding hydrogens is 338 g/mol. The second kappa shape index (κ2) is 5.67. The quantitative estimate of drug-likeness (QED) is 0.590. The van der Waals surface area contributed by atoms with Gasteiger partial charge in [0.1, 0.15) is 10.5 Å². The smallest absolute Gasteiger partial charge is 0.333 e. The fourth-order valence-corrected chi connectivity index (χ4v) is 3.44. The summed E-state index contributed by atoms with van der Waals surface area (Å²) < 4.78 is 1.43. The third-order valence-corrected chi connectivity index (χ3v) is 4.74. The molecule has 124 valence electrons. The van der Waals surface area contributed by atoms with Crippen LogP contribution in [0.4, 0.5) is 0 Å². The fraction of sp³-hybridized carbons (Fsp3) is 0.0588. The second-order valence-electron chi connectivity index (χ2n) is 5.49. The lowest BCUT2D eigenvalue weighted by atomic mass is 10.1. The number of rotatable bonds is 3. The number of carbonyl (C=O) groups is 1. The highest BCUT2D eigenvalue weighted by Gasteiger charge is 2.20. The highest BCUT2D eigenvalue weighted by atomic mass is 32.1. The summed E-state index contributed by atoms with van der Waals surface area (Å²) in [6.07, 6.45) is 0. The van der Waals surface area contributed by atoms with Crippen LogP contribution in [0.5, 0.6) is 0 Å². The number of aryl methyl sites for hydroxylation is 1. The van der Waals surface area contributed by atoms with Crippen LogP contribution in [0, 0.1) is 6.92 Å². The van der Waals surface area contributed by atoms with Gasteiger partial charge in [-0.3, -0.25) is 4.79 Å². The number of nitrogens with two attached hydrogens (primary N) is 1. The predicted octanol–water partition coefficient (Wildman–Crippen LogP) is 2.24. The molecule has 25 heavy (non-hydrogen) atoms. The van der Waals surface area contributed by atoms with Crippen molar-refractivity contribution in [2.75, 3.05) is 0 Å². The molecule has 3 N–H and O–H groups in total. The monoisotopic (exact) mass is 351 g/mol. The number of thiophene rings is 1. The number of aromatic nitrogens is 4. The molecule has 0 bridgehead atoms. The maximum Gasteiger partial charge on any atom is 0.333 e. The molecule has 0 fully saturated rings. The molecular formula is C17H13N5O2S. The summed E-state index contributed by atoms with van der Waals surface area (Å²) in [5.41, 5.74) is 7.39. The number of primary amides is 1. The van der Waals surface area contributed by atoms with Crippen LogP contribution >= 0.6 is 11.3 Å². The van der Waals surface area contributed by atoms with Crippen molar-refractivity contribution in [2.45, 2.75) is 6.92 Å². The zero-order valence-corrected chi connectivity index (χ0v) is 14.0. The van der Waals surface area contributed by atoms with Crippen LogP contribution in [0.3, 0.4) is 0 Å². The van der Waals surface area contributed by atoms with Gasteiger partial charge in [-0.1, -0.05) is 24.3 Å². The van der Waals surface area contributed by atoms with Gasteiger partial charge in [-0.05, 0) is 30.0 Å². The summed E-state index contributed by atoms with van der Waals surface area (Å²) in [5.74, 6) is -0.370. The molecule has 0 saturated heterocycles. The number of imidazole rings is 1. The van der Waals surface area contributed by atoms with Crippen molar-refractivity contribution in [2.24, 2.45) is 5.73 Å². The van der Waals surface area contributed by atoms with Gasteiger partial charge in [0.2, 0.25) is 0 Å². The topological polar surface area (TPSA) is 107 Å². The van der Waals surface area contributed by atoms with Crippen molar-refractivity contribution in [3.05, 3.63) is 63.5 Å². The van der Waals surface area contributed by atoms with Crippen molar-refractivity contribution in [1.82, 2.24) is 19.5 Å². The Labute approximate surface area is 145 Å². The first kappa shape index (κ1) is 15.3. The van der Waals surface area contributed by atoms with E-state index < -0.39 is 11.6 Å². The normalized spacial score (nSPS) is 11.1. The Morgan fingerprint density at radius 3 is 2.68 bits per heavy atom. The van der Waals surface area contributed by atoms with Crippen molar-refractivity contribution >= 4 is 28.4 Å². The lowest BCUT2D eigenvalue weighted by Gasteiger charge is -2.07. The molecule has 0 aliphatic carbocycles. The largest absolute Gasteiger partial charge is 0.364 e. The van der Waals surface area contributed by atoms with Crippen LogP contribution in [0.25, 0.3) is 27.6 Å². The lowest BCUT2D eigenvalue weighted by molar-refractivity contribution is 0.0997. The average molecular weight is 351 g/mol. The number of H-pyrrole nitrogens is 1. The SMILES string of the molecule is Cc1ccccc1-c1nc(C(N)=O)c2[nH]c(=O)n(-c3cccs3)c2n1. The van der Waals surface area contributed by atoms with Gasteiger partial charge in [0, 0.05) is 5.56 Å². The molecule has 3 aromatic heterocycles. The molecule has 7 nitrogen and oxygen atoms in total. The zero-order chi connectivity index (χ0) is 17.6. The van der Waals surface area contributed by atoms with E-state index in [2.05, 4.69) is 15.0 Å². The number of nitrogens with one attached hydrogen (secondary N) is 1. The molecule has 1 amide bonds. The van der Waals surface area contributed by atoms with Crippen molar-refractivity contribution in [3.8, 4) is 16.4 Å². The molecule has 0 saturated carbocycles. The summed E-state index contributed by atoms with van der Waals surface area (Å²) in [7, 11) is 0. The molecule has 0 spiro atoms. The minimum atomic E-state index is -0.721. The Morgan fingerprint density at radius 1 is 1.20 bits per heavy atom. The number of aromatic amines is 1. The third kappa shape index (κ3) is 2.43. The van der Waals surface area contributed by atoms with Crippen molar-refractivity contribution in [3.63, 3.8) is 0 Å². The Morgan fingerprint density at radius 2 is 2.00 bits per heavy atom. The Bertz CT molecular complexity index is 1160. The molecule has 4 aromatic rings. The first-order valence-electron chi connectivity index (χ1n) is 7.48. The van der Waals surface area contributed by atoms with E-state index in [1.165, 1.54) is 15.9 Å². The van der Waals surface area contributed by atoms with Crippen LogP contribution < -0.4 is 11.4 Å². The maximum absolute atomic E-state index is 12.4. The fourth-order valence-electron chi connectivity index (χ4n) is 2.71. The van der Waals surface area contributed by atoms with Crippen LogP contribution in [-0.4, -0.2) is 25.4 Å². The van der Waals surface area contributed by atoms with Crippen molar-refractivity contribution < 1.29 is 4.79 Å². The number of fused-ring (bicyclic) bond motifs is 1. The molecule has 0 aliphatic heterocycles. The van der Waals surface area contributed by atoms with E-state index in [0.29, 0.717) is 16.5 Å². The number of nitrogens with zero attached hydrogens (tertiary/aromatic N) is 3. The second-order valence-corrected chi connectivity index (χ2v) is 6.42. The molecule has 0 radical (unpaired) electrons. The highest BCUT2D eigenvalue weighted by Crippen LogP contribution is 2.25. The summed E-state index contributed by atoms with van der Waals surface area (Å²) in [4.78, 5) is 35.8. The first-order valence-corrected chi connectivity index (χ1v) is 8.36. The van der Waals surface area contributed by atoms with Gasteiger partial charge in [0.05, 0.1) is 0 Å². The van der Waals surface area contributed by atoms with E-state index in [-0.39, 0.29) is 11.2 Å². The average Bonchev–Trinajstić information content (AvgIpc) is 3.20. The Hall–Kier alpha value is -3.26. The minimum absolute atomic E-state index is 0.00402. The van der Waals surface area contributed by atoms with Crippen LogP contribution in [0.2, 0.25) is 0 Å². The van der Waals surface area contributed by atoms with E-state index in [1.54, 1.807) is 6.07 Å². The van der Waals surface area contributed by atoms with Gasteiger partial charge >= 0.3 is 5.69 Å². The van der Waals surface area contributed by atoms with Gasteiger partial charge in [-0.25, -0.2) is 19.3 Å². The van der Waals surface area contributed by atoms with E-state index in [1.807, 2.05) is 42.6 Å². The van der Waals surface area contributed by atoms with Gasteiger partial charge < -0.3 is 10.7 Å². The van der Waals surface area contributed by atoms with Gasteiger partial charge in [-0.15, -0.1) is 11.3 Å². The van der Waals surface area contributed by atoms with Gasteiger partial charge in [0.25, 0.3) is 5.91 Å². The van der Waals surface area contributed by atoms with Crippen LogP contribution in [0.15, 0.2) is 46.6 Å². The number of hydrogen-bond acceptors (Lipinski definition) is 5. The number of benzene rings is 1. The molecule has 8 heteroatoms. The predicted molar refractivity (Wildman–Crippen MR) is 96.1 cm³/mol. The van der Waals surface area contributed by atoms with E-state index >= 15 is 0 Å². The summed E-state index contributed by atoms with van der Waals surface area (Å²) in [6.45, 7) is 1.93. The lowest BCUT2D eigenvalue weighted by Crippen LogP contribution is -2.15. The molecule has 4 rings (SSSR count). The first-order chi connectivity index (χ1) is 12.1. The van der Waals surface area contributed by atoms with Crippen LogP contribution in [-0.2, 0) is 0 Å². The van der Waals surface area contributed by atoms with E-state index in [4.69, 9.17) is 5.73 Å². The Balaban J connectivity index is 2.11. The highest BCUT2D eigenvalue weighted by molar-refractivity contribution is 7.12. The van der Waals surface area contributed by atoms with Crippen molar-refractivity contribution in [1.29, 1.82) is 0 Å². The molecule has 0 unspecified atom stereocenters. The summed E-state index contributed by atoms with van der Waals surface area (Å²) >= 11 is 1.40.